The molecule has 0 unspecified atom stereocenters. The highest BCUT2D eigenvalue weighted by Crippen LogP contribution is 2.19. The van der Waals surface area contributed by atoms with Gasteiger partial charge >= 0.3 is 12.1 Å². The van der Waals surface area contributed by atoms with Crippen LogP contribution in [-0.4, -0.2) is 102 Å². The number of carboxylic acid groups (broad SMARTS) is 1. The number of carbonyl (C=O) groups is 2. The second-order valence-corrected chi connectivity index (χ2v) is 13.1. The quantitative estimate of drug-likeness (QED) is 0.408. The molecule has 0 aliphatic carbocycles. The van der Waals surface area contributed by atoms with Crippen LogP contribution < -0.4 is 5.32 Å². The van der Waals surface area contributed by atoms with Crippen LogP contribution in [0.4, 0.5) is 13.2 Å². The highest BCUT2D eigenvalue weighted by Gasteiger charge is 2.38. The summed E-state index contributed by atoms with van der Waals surface area (Å²) >= 11 is 0. The summed E-state index contributed by atoms with van der Waals surface area (Å²) in [7, 11) is -4.40. The molecule has 0 bridgehead atoms. The molecule has 1 aliphatic heterocycles. The predicted octanol–water partition coefficient (Wildman–Crippen LogP) is 1.78. The average molecular weight is 621 g/mol. The van der Waals surface area contributed by atoms with E-state index >= 15 is 0 Å². The van der Waals surface area contributed by atoms with Crippen LogP contribution in [0.3, 0.4) is 0 Å². The number of sulfone groups is 1. The molecule has 2 N–H and O–H groups in total. The lowest BCUT2D eigenvalue weighted by atomic mass is 10.1. The van der Waals surface area contributed by atoms with Crippen LogP contribution in [-0.2, 0) is 35.9 Å². The van der Waals surface area contributed by atoms with Gasteiger partial charge in [0.25, 0.3) is 0 Å². The molecule has 1 amide bonds. The molecule has 1 heterocycles. The lowest BCUT2D eigenvalue weighted by Gasteiger charge is -2.21. The number of halogens is 3. The standard InChI is InChI=1S/C23H30N4O5S2.C2HF3O2/c1-26(15-11-18-7-9-19(10-8-18)23-24-13-14-25-23)22(28)12-16-27(2)34(31,32)21-6-4-5-20(17-21)33(3,29)30;3-2(4,5)1(6)7/h4-10,17H,11-16H2,1-3H3,(H,24,25);(H,6,7). The number of likely N-dealkylation sites (N-methyl/N-ethyl adjacent to an activating group) is 1. The van der Waals surface area contributed by atoms with Crippen molar-refractivity contribution in [1.29, 1.82) is 0 Å². The SMILES string of the molecule is CN(CCc1ccc(C2=NCCN2)cc1)C(=O)CCN(C)S(=O)(=O)c1cccc(S(C)(=O)=O)c1.O=C(O)C(F)(F)F. The van der Waals surface area contributed by atoms with Gasteiger partial charge in [0.2, 0.25) is 15.9 Å². The number of nitrogens with zero attached hydrogens (tertiary/aromatic N) is 3. The minimum absolute atomic E-state index is 0.0155. The number of hydrogen-bond donors (Lipinski definition) is 2. The topological polar surface area (TPSA) is 154 Å². The van der Waals surface area contributed by atoms with E-state index in [-0.39, 0.29) is 28.7 Å². The van der Waals surface area contributed by atoms with Gasteiger partial charge in [-0.15, -0.1) is 0 Å². The summed E-state index contributed by atoms with van der Waals surface area (Å²) in [4.78, 5) is 27.2. The molecule has 0 fully saturated rings. The normalized spacial score (nSPS) is 13.6. The Morgan fingerprint density at radius 1 is 1.00 bits per heavy atom. The number of carbonyl (C=O) groups excluding carboxylic acids is 1. The van der Waals surface area contributed by atoms with Crippen molar-refractivity contribution in [2.24, 2.45) is 4.99 Å². The number of rotatable bonds is 10. The van der Waals surface area contributed by atoms with Crippen LogP contribution in [0, 0.1) is 0 Å². The van der Waals surface area contributed by atoms with E-state index in [4.69, 9.17) is 9.90 Å². The first-order chi connectivity index (χ1) is 18.9. The van der Waals surface area contributed by atoms with Crippen LogP contribution in [0.1, 0.15) is 17.5 Å². The van der Waals surface area contributed by atoms with Crippen LogP contribution in [0.25, 0.3) is 0 Å². The van der Waals surface area contributed by atoms with Gasteiger partial charge in [-0.25, -0.2) is 25.9 Å². The van der Waals surface area contributed by atoms with Crippen LogP contribution in [0.15, 0.2) is 63.3 Å². The summed E-state index contributed by atoms with van der Waals surface area (Å²) in [5.41, 5.74) is 2.13. The smallest absolute Gasteiger partial charge is 0.475 e. The molecule has 0 aromatic heterocycles. The van der Waals surface area contributed by atoms with Crippen LogP contribution >= 0.6 is 0 Å². The van der Waals surface area contributed by atoms with Gasteiger partial charge in [0.05, 0.1) is 16.3 Å². The van der Waals surface area contributed by atoms with Crippen molar-refractivity contribution in [3.63, 3.8) is 0 Å². The van der Waals surface area contributed by atoms with E-state index in [0.29, 0.717) is 13.0 Å². The molecule has 2 aromatic rings. The number of amides is 1. The highest BCUT2D eigenvalue weighted by atomic mass is 32.2. The number of aliphatic imine (C=N–C) groups is 1. The van der Waals surface area contributed by atoms with E-state index in [2.05, 4.69) is 10.3 Å². The number of amidine groups is 1. The number of alkyl halides is 3. The van der Waals surface area contributed by atoms with Crippen molar-refractivity contribution < 1.29 is 44.7 Å². The van der Waals surface area contributed by atoms with Gasteiger partial charge in [0.1, 0.15) is 5.84 Å². The van der Waals surface area contributed by atoms with Gasteiger partial charge in [-0.3, -0.25) is 9.79 Å². The molecule has 226 valence electrons. The zero-order valence-electron chi connectivity index (χ0n) is 22.6. The summed E-state index contributed by atoms with van der Waals surface area (Å²) in [6.07, 6.45) is -3.37. The van der Waals surface area contributed by atoms with E-state index in [9.17, 15) is 34.8 Å². The maximum absolute atomic E-state index is 12.8. The monoisotopic (exact) mass is 620 g/mol. The van der Waals surface area contributed by atoms with Gasteiger partial charge in [-0.2, -0.15) is 13.2 Å². The van der Waals surface area contributed by atoms with Crippen molar-refractivity contribution in [3.05, 3.63) is 59.7 Å². The molecule has 41 heavy (non-hydrogen) atoms. The minimum Gasteiger partial charge on any atom is -0.475 e. The van der Waals surface area contributed by atoms with Gasteiger partial charge < -0.3 is 15.3 Å². The molecule has 0 spiro atoms. The van der Waals surface area contributed by atoms with Crippen LogP contribution in [0.5, 0.6) is 0 Å². The summed E-state index contributed by atoms with van der Waals surface area (Å²) in [5.74, 6) is -2.03. The number of sulfonamides is 1. The first kappa shape index (κ1) is 33.7. The average Bonchev–Trinajstić information content (AvgIpc) is 3.45. The lowest BCUT2D eigenvalue weighted by Crippen LogP contribution is -2.34. The fraction of sp³-hybridized carbons (Fsp3) is 0.400. The Bertz CT molecular complexity index is 1480. The van der Waals surface area contributed by atoms with E-state index in [1.807, 2.05) is 24.3 Å². The summed E-state index contributed by atoms with van der Waals surface area (Å²) in [6, 6.07) is 13.3. The number of hydrogen-bond acceptors (Lipinski definition) is 8. The molecule has 2 aromatic carbocycles. The Hall–Kier alpha value is -3.50. The minimum atomic E-state index is -5.08. The first-order valence-corrected chi connectivity index (χ1v) is 15.4. The molecule has 1 aliphatic rings. The molecule has 0 atom stereocenters. The Kier molecular flexibility index (Phi) is 11.4. The third kappa shape index (κ3) is 10.1. The van der Waals surface area contributed by atoms with Crippen LogP contribution in [0.2, 0.25) is 0 Å². The zero-order valence-corrected chi connectivity index (χ0v) is 24.2. The molecule has 3 rings (SSSR count). The van der Waals surface area contributed by atoms with Gasteiger partial charge in [-0.1, -0.05) is 30.3 Å². The number of nitrogens with one attached hydrogen (secondary N) is 1. The molecule has 16 heteroatoms. The van der Waals surface area contributed by atoms with Crippen molar-refractivity contribution >= 4 is 37.6 Å². The van der Waals surface area contributed by atoms with E-state index in [0.717, 1.165) is 46.7 Å². The van der Waals surface area contributed by atoms with E-state index in [1.54, 1.807) is 11.9 Å². The fourth-order valence-electron chi connectivity index (χ4n) is 3.45. The lowest BCUT2D eigenvalue weighted by molar-refractivity contribution is -0.192. The van der Waals surface area contributed by atoms with Gasteiger partial charge in [0, 0.05) is 52.0 Å². The fourth-order valence-corrected chi connectivity index (χ4v) is 5.41. The summed E-state index contributed by atoms with van der Waals surface area (Å²) in [6.45, 7) is 2.13. The Morgan fingerprint density at radius 3 is 2.10 bits per heavy atom. The first-order valence-electron chi connectivity index (χ1n) is 12.1. The zero-order chi connectivity index (χ0) is 31.0. The molecule has 11 nitrogen and oxygen atoms in total. The molecule has 0 saturated heterocycles. The summed E-state index contributed by atoms with van der Waals surface area (Å²) in [5, 5.41) is 10.4. The van der Waals surface area contributed by atoms with Gasteiger partial charge in [-0.05, 0) is 30.2 Å². The van der Waals surface area contributed by atoms with Crippen molar-refractivity contribution in [2.45, 2.75) is 28.8 Å². The van der Waals surface area contributed by atoms with Crippen molar-refractivity contribution in [1.82, 2.24) is 14.5 Å². The van der Waals surface area contributed by atoms with Gasteiger partial charge in [0.15, 0.2) is 9.84 Å². The maximum Gasteiger partial charge on any atom is 0.490 e. The Balaban J connectivity index is 0.000000745. The van der Waals surface area contributed by atoms with Crippen molar-refractivity contribution in [3.8, 4) is 0 Å². The molecule has 0 radical (unpaired) electrons. The third-order valence-electron chi connectivity index (χ3n) is 5.89. The maximum atomic E-state index is 12.8. The Morgan fingerprint density at radius 2 is 1.59 bits per heavy atom. The highest BCUT2D eigenvalue weighted by molar-refractivity contribution is 7.91. The second kappa shape index (κ2) is 13.9. The largest absolute Gasteiger partial charge is 0.490 e. The number of carboxylic acids is 1. The molecular weight excluding hydrogens is 589 g/mol. The number of aliphatic carboxylic acids is 1. The summed E-state index contributed by atoms with van der Waals surface area (Å²) < 4.78 is 81.9. The van der Waals surface area contributed by atoms with E-state index in [1.165, 1.54) is 25.2 Å². The third-order valence-corrected chi connectivity index (χ3v) is 8.85. The second-order valence-electron chi connectivity index (χ2n) is 9.05. The molecular formula is C25H31F3N4O7S2. The van der Waals surface area contributed by atoms with E-state index < -0.39 is 32.0 Å². The predicted molar refractivity (Wildman–Crippen MR) is 145 cm³/mol. The molecule has 0 saturated carbocycles. The number of benzene rings is 2. The van der Waals surface area contributed by atoms with Crippen molar-refractivity contribution in [2.75, 3.05) is 46.5 Å². The Labute approximate surface area is 236 Å².